The Labute approximate surface area is 171 Å². The van der Waals surface area contributed by atoms with Crippen LogP contribution >= 0.6 is 35.3 Å². The third kappa shape index (κ3) is 7.79. The number of halogens is 1. The second-order valence-corrected chi connectivity index (χ2v) is 9.27. The quantitative estimate of drug-likeness (QED) is 0.303. The molecule has 1 unspecified atom stereocenters. The predicted molar refractivity (Wildman–Crippen MR) is 114 cm³/mol. The molecule has 0 saturated heterocycles. The zero-order chi connectivity index (χ0) is 17.4. The maximum absolute atomic E-state index is 12.2. The molecule has 0 radical (unpaired) electrons. The largest absolute Gasteiger partial charge is 0.390 e. The van der Waals surface area contributed by atoms with Crippen LogP contribution in [0.5, 0.6) is 0 Å². The fraction of sp³-hybridized carbons (Fsp3) is 0.688. The van der Waals surface area contributed by atoms with E-state index in [0.29, 0.717) is 12.0 Å². The van der Waals surface area contributed by atoms with Gasteiger partial charge in [0.25, 0.3) is 0 Å². The zero-order valence-electron chi connectivity index (χ0n) is 14.5. The zero-order valence-corrected chi connectivity index (χ0v) is 18.4. The molecular weight excluding hydrogens is 473 g/mol. The van der Waals surface area contributed by atoms with Crippen molar-refractivity contribution in [2.75, 3.05) is 18.8 Å². The average Bonchev–Trinajstić information content (AvgIpc) is 3.09. The highest BCUT2D eigenvalue weighted by Gasteiger charge is 2.21. The van der Waals surface area contributed by atoms with Gasteiger partial charge in [0, 0.05) is 12.6 Å². The molecule has 9 heteroatoms. The highest BCUT2D eigenvalue weighted by Crippen LogP contribution is 2.18. The monoisotopic (exact) mass is 501 g/mol. The van der Waals surface area contributed by atoms with Crippen LogP contribution in [0.25, 0.3) is 0 Å². The third-order valence-electron chi connectivity index (χ3n) is 3.96. The first-order valence-electron chi connectivity index (χ1n) is 8.50. The molecule has 1 aromatic heterocycles. The van der Waals surface area contributed by atoms with E-state index < -0.39 is 15.9 Å². The van der Waals surface area contributed by atoms with Gasteiger partial charge >= 0.3 is 0 Å². The minimum absolute atomic E-state index is 0. The van der Waals surface area contributed by atoms with Crippen molar-refractivity contribution >= 4 is 51.1 Å². The minimum atomic E-state index is -3.45. The average molecular weight is 501 g/mol. The van der Waals surface area contributed by atoms with Gasteiger partial charge in [0.2, 0.25) is 0 Å². The second-order valence-electron chi connectivity index (χ2n) is 6.07. The van der Waals surface area contributed by atoms with Crippen molar-refractivity contribution in [3.05, 3.63) is 17.5 Å². The SMILES string of the molecule is CCNC(=NCC(O)CS(=O)(=O)c1cccs1)NC1CCCCC1.I. The van der Waals surface area contributed by atoms with Gasteiger partial charge in [-0.15, -0.1) is 35.3 Å². The van der Waals surface area contributed by atoms with Crippen molar-refractivity contribution in [2.45, 2.75) is 55.4 Å². The lowest BCUT2D eigenvalue weighted by Gasteiger charge is -2.25. The molecule has 2 rings (SSSR count). The van der Waals surface area contributed by atoms with Gasteiger partial charge in [0.05, 0.1) is 18.4 Å². The van der Waals surface area contributed by atoms with Gasteiger partial charge in [0.1, 0.15) is 4.21 Å². The molecule has 1 saturated carbocycles. The standard InChI is InChI=1S/C16H27N3O3S2.HI/c1-2-17-16(19-13-7-4-3-5-8-13)18-11-14(20)12-24(21,22)15-9-6-10-23-15;/h6,9-10,13-14,20H,2-5,7-8,11-12H2,1H3,(H2,17,18,19);1H. The van der Waals surface area contributed by atoms with E-state index in [1.165, 1.54) is 30.6 Å². The number of aliphatic hydroxyl groups excluding tert-OH is 1. The topological polar surface area (TPSA) is 90.8 Å². The number of rotatable bonds is 7. The van der Waals surface area contributed by atoms with Gasteiger partial charge in [-0.3, -0.25) is 4.99 Å². The van der Waals surface area contributed by atoms with E-state index in [1.54, 1.807) is 17.5 Å². The van der Waals surface area contributed by atoms with Crippen molar-refractivity contribution < 1.29 is 13.5 Å². The van der Waals surface area contributed by atoms with Gasteiger partial charge in [-0.2, -0.15) is 0 Å². The fourth-order valence-electron chi connectivity index (χ4n) is 2.79. The lowest BCUT2D eigenvalue weighted by molar-refractivity contribution is 0.206. The Morgan fingerprint density at radius 2 is 2.12 bits per heavy atom. The number of guanidine groups is 1. The number of nitrogens with one attached hydrogen (secondary N) is 2. The summed E-state index contributed by atoms with van der Waals surface area (Å²) in [6.07, 6.45) is 4.96. The number of aliphatic imine (C=N–C) groups is 1. The Kier molecular flexibility index (Phi) is 10.3. The lowest BCUT2D eigenvalue weighted by Crippen LogP contribution is -2.44. The summed E-state index contributed by atoms with van der Waals surface area (Å²) in [5, 5.41) is 18.3. The first kappa shape index (κ1) is 22.7. The number of aliphatic hydroxyl groups is 1. The molecule has 0 aromatic carbocycles. The Hall–Kier alpha value is -0.390. The van der Waals surface area contributed by atoms with Crippen molar-refractivity contribution in [1.29, 1.82) is 0 Å². The minimum Gasteiger partial charge on any atom is -0.390 e. The molecule has 0 bridgehead atoms. The number of thiophene rings is 1. The van der Waals surface area contributed by atoms with Gasteiger partial charge in [-0.25, -0.2) is 8.42 Å². The van der Waals surface area contributed by atoms with E-state index >= 15 is 0 Å². The summed E-state index contributed by atoms with van der Waals surface area (Å²) in [7, 11) is -3.45. The van der Waals surface area contributed by atoms with E-state index in [-0.39, 0.29) is 40.5 Å². The molecule has 1 atom stereocenters. The molecule has 6 nitrogen and oxygen atoms in total. The Balaban J connectivity index is 0.00000312. The summed E-state index contributed by atoms with van der Waals surface area (Å²) in [4.78, 5) is 4.36. The summed E-state index contributed by atoms with van der Waals surface area (Å²) >= 11 is 1.17. The summed E-state index contributed by atoms with van der Waals surface area (Å²) < 4.78 is 24.6. The van der Waals surface area contributed by atoms with Crippen LogP contribution in [0, 0.1) is 0 Å². The summed E-state index contributed by atoms with van der Waals surface area (Å²) in [6.45, 7) is 2.77. The fourth-order valence-corrected chi connectivity index (χ4v) is 5.25. The molecule has 1 fully saturated rings. The molecular formula is C16H28IN3O3S2. The van der Waals surface area contributed by atoms with E-state index in [1.807, 2.05) is 6.92 Å². The molecule has 0 amide bonds. The van der Waals surface area contributed by atoms with Crippen LogP contribution in [0.1, 0.15) is 39.0 Å². The van der Waals surface area contributed by atoms with Crippen LogP contribution in [0.4, 0.5) is 0 Å². The van der Waals surface area contributed by atoms with Crippen molar-refractivity contribution in [3.8, 4) is 0 Å². The molecule has 0 spiro atoms. The number of sulfone groups is 1. The van der Waals surface area contributed by atoms with Gasteiger partial charge in [-0.1, -0.05) is 25.3 Å². The molecule has 1 heterocycles. The van der Waals surface area contributed by atoms with E-state index in [0.717, 1.165) is 19.4 Å². The molecule has 3 N–H and O–H groups in total. The van der Waals surface area contributed by atoms with Gasteiger partial charge < -0.3 is 15.7 Å². The second kappa shape index (κ2) is 11.3. The first-order chi connectivity index (χ1) is 11.5. The van der Waals surface area contributed by atoms with E-state index in [4.69, 9.17) is 0 Å². The number of hydrogen-bond donors (Lipinski definition) is 3. The Bertz CT molecular complexity index is 615. The van der Waals surface area contributed by atoms with E-state index in [9.17, 15) is 13.5 Å². The number of nitrogens with zero attached hydrogens (tertiary/aromatic N) is 1. The highest BCUT2D eigenvalue weighted by molar-refractivity contribution is 14.0. The van der Waals surface area contributed by atoms with E-state index in [2.05, 4.69) is 15.6 Å². The molecule has 0 aliphatic heterocycles. The summed E-state index contributed by atoms with van der Waals surface area (Å²) in [6, 6.07) is 3.66. The van der Waals surface area contributed by atoms with Crippen LogP contribution in [0.15, 0.2) is 26.7 Å². The molecule has 1 aliphatic carbocycles. The maximum Gasteiger partial charge on any atom is 0.191 e. The van der Waals surface area contributed by atoms with Crippen LogP contribution in [-0.4, -0.2) is 50.5 Å². The lowest BCUT2D eigenvalue weighted by atomic mass is 9.96. The first-order valence-corrected chi connectivity index (χ1v) is 11.0. The third-order valence-corrected chi connectivity index (χ3v) is 7.25. The van der Waals surface area contributed by atoms with Crippen LogP contribution in [-0.2, 0) is 9.84 Å². The van der Waals surface area contributed by atoms with Gasteiger partial charge in [-0.05, 0) is 31.2 Å². The molecule has 144 valence electrons. The summed E-state index contributed by atoms with van der Waals surface area (Å²) in [5.41, 5.74) is 0. The predicted octanol–water partition coefficient (Wildman–Crippen LogP) is 2.39. The van der Waals surface area contributed by atoms with Gasteiger partial charge in [0.15, 0.2) is 15.8 Å². The van der Waals surface area contributed by atoms with Crippen LogP contribution < -0.4 is 10.6 Å². The van der Waals surface area contributed by atoms with Crippen LogP contribution in [0.3, 0.4) is 0 Å². The maximum atomic E-state index is 12.2. The van der Waals surface area contributed by atoms with Crippen molar-refractivity contribution in [2.24, 2.45) is 4.99 Å². The molecule has 1 aliphatic rings. The highest BCUT2D eigenvalue weighted by atomic mass is 127. The normalized spacial score (nSPS) is 17.6. The molecule has 25 heavy (non-hydrogen) atoms. The number of hydrogen-bond acceptors (Lipinski definition) is 5. The van der Waals surface area contributed by atoms with Crippen LogP contribution in [0.2, 0.25) is 0 Å². The van der Waals surface area contributed by atoms with Crippen molar-refractivity contribution in [3.63, 3.8) is 0 Å². The Morgan fingerprint density at radius 1 is 1.40 bits per heavy atom. The summed E-state index contributed by atoms with van der Waals surface area (Å²) in [5.74, 6) is 0.344. The Morgan fingerprint density at radius 3 is 2.72 bits per heavy atom. The molecule has 1 aromatic rings. The smallest absolute Gasteiger partial charge is 0.191 e. The van der Waals surface area contributed by atoms with Crippen molar-refractivity contribution in [1.82, 2.24) is 10.6 Å².